The molecule has 1 aromatic carbocycles. The van der Waals surface area contributed by atoms with E-state index in [1.165, 1.54) is 18.1 Å². The van der Waals surface area contributed by atoms with Crippen molar-refractivity contribution in [1.29, 1.82) is 0 Å². The lowest BCUT2D eigenvalue weighted by molar-refractivity contribution is -0.220. The summed E-state index contributed by atoms with van der Waals surface area (Å²) in [6, 6.07) is 8.92. The van der Waals surface area contributed by atoms with Gasteiger partial charge in [-0.2, -0.15) is 26.3 Å². The van der Waals surface area contributed by atoms with Crippen LogP contribution >= 0.6 is 0 Å². The number of methoxy groups -OCH3 is 1. The highest BCUT2D eigenvalue weighted by Gasteiger charge is 2.47. The number of carbonyl (C=O) groups excluding carboxylic acids is 1. The van der Waals surface area contributed by atoms with Gasteiger partial charge in [-0.05, 0) is 49.1 Å². The number of amides is 1. The van der Waals surface area contributed by atoms with Crippen molar-refractivity contribution in [2.24, 2.45) is 0 Å². The number of piperidine rings is 1. The van der Waals surface area contributed by atoms with Crippen LogP contribution in [0.25, 0.3) is 0 Å². The molecule has 7 nitrogen and oxygen atoms in total. The smallest absolute Gasteiger partial charge is 0.427 e. The van der Waals surface area contributed by atoms with Crippen LogP contribution in [0, 0.1) is 0 Å². The first-order valence-electron chi connectivity index (χ1n) is 12.3. The molecular formula is C26H28F6N2O5. The molecular weight excluding hydrogens is 534 g/mol. The highest BCUT2D eigenvalue weighted by molar-refractivity contribution is 5.68. The first-order valence-corrected chi connectivity index (χ1v) is 12.3. The summed E-state index contributed by atoms with van der Waals surface area (Å²) < 4.78 is 100.0. The van der Waals surface area contributed by atoms with Gasteiger partial charge in [0, 0.05) is 30.9 Å². The monoisotopic (exact) mass is 562 g/mol. The second-order valence-electron chi connectivity index (χ2n) is 9.63. The van der Waals surface area contributed by atoms with Crippen molar-refractivity contribution >= 4 is 6.09 Å². The number of rotatable bonds is 7. The maximum Gasteiger partial charge on any atom is 0.427 e. The predicted octanol–water partition coefficient (Wildman–Crippen LogP) is 5.73. The molecule has 0 bridgehead atoms. The molecule has 2 aromatic rings. The largest absolute Gasteiger partial charge is 0.497 e. The summed E-state index contributed by atoms with van der Waals surface area (Å²) in [6.45, 7) is -0.479. The fourth-order valence-electron chi connectivity index (χ4n) is 4.69. The molecule has 2 fully saturated rings. The molecule has 1 spiro atoms. The van der Waals surface area contributed by atoms with E-state index in [-0.39, 0.29) is 32.2 Å². The minimum Gasteiger partial charge on any atom is -0.497 e. The Labute approximate surface area is 221 Å². The Hall–Kier alpha value is -3.06. The highest BCUT2D eigenvalue weighted by Crippen LogP contribution is 2.43. The molecule has 2 aliphatic heterocycles. The van der Waals surface area contributed by atoms with Crippen molar-refractivity contribution in [3.8, 4) is 5.75 Å². The maximum absolute atomic E-state index is 13.5. The van der Waals surface area contributed by atoms with E-state index in [4.69, 9.17) is 18.9 Å². The van der Waals surface area contributed by atoms with Crippen LogP contribution in [0.1, 0.15) is 42.0 Å². The van der Waals surface area contributed by atoms with E-state index in [0.717, 1.165) is 12.3 Å². The van der Waals surface area contributed by atoms with Crippen LogP contribution in [0.4, 0.5) is 31.1 Å². The van der Waals surface area contributed by atoms with Crippen LogP contribution < -0.4 is 4.74 Å². The van der Waals surface area contributed by atoms with Gasteiger partial charge in [0.15, 0.2) is 0 Å². The number of hydrogen-bond acceptors (Lipinski definition) is 6. The Morgan fingerprint density at radius 3 is 2.36 bits per heavy atom. The normalized spacial score (nSPS) is 20.2. The van der Waals surface area contributed by atoms with Crippen molar-refractivity contribution in [3.05, 3.63) is 59.4 Å². The van der Waals surface area contributed by atoms with E-state index in [1.807, 2.05) is 0 Å². The van der Waals surface area contributed by atoms with Crippen molar-refractivity contribution < 1.29 is 50.1 Å². The molecule has 0 aliphatic carbocycles. The van der Waals surface area contributed by atoms with Crippen molar-refractivity contribution in [2.75, 3.05) is 33.4 Å². The van der Waals surface area contributed by atoms with Gasteiger partial charge >= 0.3 is 18.4 Å². The topological polar surface area (TPSA) is 70.1 Å². The number of nitrogens with zero attached hydrogens (tertiary/aromatic N) is 2. The molecule has 0 saturated carbocycles. The van der Waals surface area contributed by atoms with Crippen LogP contribution in [0.2, 0.25) is 0 Å². The van der Waals surface area contributed by atoms with E-state index in [2.05, 4.69) is 4.98 Å². The molecule has 39 heavy (non-hydrogen) atoms. The van der Waals surface area contributed by atoms with Gasteiger partial charge in [0.05, 0.1) is 38.1 Å². The average molecular weight is 563 g/mol. The highest BCUT2D eigenvalue weighted by atomic mass is 19.4. The fraction of sp³-hybridized carbons (Fsp3) is 0.538. The standard InChI is InChI=1S/C26H28F6N2O5/c1-36-20-5-2-17(3-6-20)14-37-16-22(26(30,31)32)39-23(35)34-10-8-24(9-11-34)12-18(15-38-24)21-7-4-19(13-33-21)25(27,28)29/h2-7,13,18,22H,8-12,14-16H2,1H3/t18?,22-/m1/s1. The molecule has 1 amide bonds. The third-order valence-corrected chi connectivity index (χ3v) is 6.98. The third-order valence-electron chi connectivity index (χ3n) is 6.98. The van der Waals surface area contributed by atoms with E-state index in [9.17, 15) is 31.1 Å². The SMILES string of the molecule is COc1ccc(COC[C@@H](OC(=O)N2CCC3(CC2)CC(c2ccc(C(F)(F)F)cn2)CO3)C(F)(F)F)cc1. The number of pyridine rings is 1. The number of benzene rings is 1. The van der Waals surface area contributed by atoms with E-state index < -0.39 is 42.3 Å². The average Bonchev–Trinajstić information content (AvgIpc) is 3.31. The molecule has 2 aliphatic rings. The van der Waals surface area contributed by atoms with Gasteiger partial charge in [-0.15, -0.1) is 0 Å². The zero-order valence-corrected chi connectivity index (χ0v) is 21.1. The first-order chi connectivity index (χ1) is 18.4. The summed E-state index contributed by atoms with van der Waals surface area (Å²) in [6.07, 6.45) is -10.9. The van der Waals surface area contributed by atoms with Gasteiger partial charge in [0.1, 0.15) is 5.75 Å². The number of carbonyl (C=O) groups is 1. The number of likely N-dealkylation sites (tertiary alicyclic amines) is 1. The Bertz CT molecular complexity index is 1100. The van der Waals surface area contributed by atoms with E-state index in [1.54, 1.807) is 24.3 Å². The van der Waals surface area contributed by atoms with Gasteiger partial charge in [-0.1, -0.05) is 12.1 Å². The molecule has 3 heterocycles. The van der Waals surface area contributed by atoms with Gasteiger partial charge < -0.3 is 23.8 Å². The molecule has 1 aromatic heterocycles. The number of hydrogen-bond donors (Lipinski definition) is 0. The van der Waals surface area contributed by atoms with Crippen molar-refractivity contribution in [1.82, 2.24) is 9.88 Å². The number of halogens is 6. The van der Waals surface area contributed by atoms with E-state index >= 15 is 0 Å². The quantitative estimate of drug-likeness (QED) is 0.402. The Morgan fingerprint density at radius 1 is 1.10 bits per heavy atom. The Balaban J connectivity index is 1.27. The van der Waals surface area contributed by atoms with E-state index in [0.29, 0.717) is 36.3 Å². The lowest BCUT2D eigenvalue weighted by atomic mass is 9.84. The van der Waals surface area contributed by atoms with Crippen LogP contribution in [-0.2, 0) is 27.0 Å². The molecule has 1 unspecified atom stereocenters. The van der Waals surface area contributed by atoms with Gasteiger partial charge in [0.2, 0.25) is 6.10 Å². The lowest BCUT2D eigenvalue weighted by Crippen LogP contribution is -2.49. The number of alkyl halides is 6. The first kappa shape index (κ1) is 28.9. The van der Waals surface area contributed by atoms with Crippen molar-refractivity contribution in [3.63, 3.8) is 0 Å². The van der Waals surface area contributed by atoms with Gasteiger partial charge in [-0.3, -0.25) is 4.98 Å². The number of aromatic nitrogens is 1. The maximum atomic E-state index is 13.5. The zero-order valence-electron chi connectivity index (χ0n) is 21.1. The Morgan fingerprint density at radius 2 is 1.79 bits per heavy atom. The van der Waals surface area contributed by atoms with Crippen molar-refractivity contribution in [2.45, 2.75) is 55.8 Å². The van der Waals surface area contributed by atoms with Crippen LogP contribution in [0.5, 0.6) is 5.75 Å². The molecule has 4 rings (SSSR count). The second kappa shape index (κ2) is 11.6. The lowest BCUT2D eigenvalue weighted by Gasteiger charge is -2.38. The minimum absolute atomic E-state index is 0.105. The van der Waals surface area contributed by atoms with Crippen LogP contribution in [0.15, 0.2) is 42.6 Å². The van der Waals surface area contributed by atoms with Gasteiger partial charge in [0.25, 0.3) is 0 Å². The summed E-state index contributed by atoms with van der Waals surface area (Å²) in [4.78, 5) is 17.7. The number of ether oxygens (including phenoxy) is 4. The zero-order chi connectivity index (χ0) is 28.3. The summed E-state index contributed by atoms with van der Waals surface area (Å²) in [5.41, 5.74) is -0.360. The van der Waals surface area contributed by atoms with Crippen LogP contribution in [0.3, 0.4) is 0 Å². The summed E-state index contributed by atoms with van der Waals surface area (Å²) in [5, 5.41) is 0. The second-order valence-corrected chi connectivity index (χ2v) is 9.63. The summed E-state index contributed by atoms with van der Waals surface area (Å²) in [5.74, 6) is 0.377. The van der Waals surface area contributed by atoms with Gasteiger partial charge in [-0.25, -0.2) is 4.79 Å². The summed E-state index contributed by atoms with van der Waals surface area (Å²) >= 11 is 0. The Kier molecular flexibility index (Phi) is 8.60. The molecule has 13 heteroatoms. The molecule has 2 saturated heterocycles. The molecule has 0 radical (unpaired) electrons. The predicted molar refractivity (Wildman–Crippen MR) is 125 cm³/mol. The molecule has 0 N–H and O–H groups in total. The molecule has 2 atom stereocenters. The third kappa shape index (κ3) is 7.33. The molecule has 214 valence electrons. The fourth-order valence-corrected chi connectivity index (χ4v) is 4.69. The minimum atomic E-state index is -4.82. The van der Waals surface area contributed by atoms with Crippen LogP contribution in [-0.4, -0.2) is 67.3 Å². The summed E-state index contributed by atoms with van der Waals surface area (Å²) in [7, 11) is 1.49.